The minimum atomic E-state index is -4.53. The first-order chi connectivity index (χ1) is 17.3. The average molecular weight is 517 g/mol. The zero-order valence-electron chi connectivity index (χ0n) is 19.1. The number of benzene rings is 2. The number of Topliss-reactive ketones (excluding diaryl/α,β-unsaturated/α-hetero) is 2. The number of phenolic OH excluding ortho intramolecular Hbond substituents is 1. The van der Waals surface area contributed by atoms with E-state index in [0.29, 0.717) is 16.7 Å². The van der Waals surface area contributed by atoms with Crippen LogP contribution in [-0.2, 0) is 27.0 Å². The third-order valence-electron chi connectivity index (χ3n) is 7.79. The lowest BCUT2D eigenvalue weighted by Crippen LogP contribution is -2.66. The van der Waals surface area contributed by atoms with Gasteiger partial charge in [0.15, 0.2) is 11.4 Å². The number of primary amides is 1. The quantitative estimate of drug-likeness (QED) is 0.382. The van der Waals surface area contributed by atoms with Gasteiger partial charge in [0.1, 0.15) is 17.4 Å². The minimum absolute atomic E-state index is 0.0164. The van der Waals surface area contributed by atoms with Crippen molar-refractivity contribution in [3.8, 4) is 16.9 Å². The first kappa shape index (κ1) is 25.0. The Balaban J connectivity index is 1.63. The molecular weight excluding hydrogens is 495 g/mol. The predicted molar refractivity (Wildman–Crippen MR) is 122 cm³/mol. The van der Waals surface area contributed by atoms with E-state index in [4.69, 9.17) is 5.73 Å². The molecule has 5 atom stereocenters. The Bertz CT molecular complexity index is 1380. The highest BCUT2D eigenvalue weighted by Crippen LogP contribution is 2.52. The van der Waals surface area contributed by atoms with E-state index in [2.05, 4.69) is 0 Å². The number of carbonyl (C=O) groups excluding carboxylic acids is 3. The number of nitrogens with two attached hydrogens (primary N) is 1. The predicted octanol–water partition coefficient (Wildman–Crippen LogP) is 2.27. The molecule has 11 heteroatoms. The van der Waals surface area contributed by atoms with Crippen molar-refractivity contribution in [1.82, 2.24) is 0 Å². The second-order valence-corrected chi connectivity index (χ2v) is 9.80. The van der Waals surface area contributed by atoms with Crippen LogP contribution in [-0.4, -0.2) is 49.6 Å². The SMILES string of the molecule is NC(=O)C1C(=O)[C@@]2(O)C(=O)C3=C(O)c4c(O)ccc(-c5ccc(C(F)(F)F)cc5)c4C[C@H]3C[C@H]2CC1O. The molecule has 8 nitrogen and oxygen atoms in total. The van der Waals surface area contributed by atoms with Gasteiger partial charge in [0.05, 0.1) is 17.2 Å². The summed E-state index contributed by atoms with van der Waals surface area (Å²) >= 11 is 0. The van der Waals surface area contributed by atoms with Gasteiger partial charge in [-0.05, 0) is 60.1 Å². The summed E-state index contributed by atoms with van der Waals surface area (Å²) in [5.74, 6) is -8.20. The summed E-state index contributed by atoms with van der Waals surface area (Å²) in [7, 11) is 0. The van der Waals surface area contributed by atoms with Crippen LogP contribution in [0.2, 0.25) is 0 Å². The molecule has 0 aliphatic heterocycles. The molecule has 5 rings (SSSR count). The van der Waals surface area contributed by atoms with E-state index in [0.717, 1.165) is 12.1 Å². The van der Waals surface area contributed by atoms with Gasteiger partial charge in [-0.25, -0.2) is 0 Å². The van der Waals surface area contributed by atoms with Crippen molar-refractivity contribution in [2.45, 2.75) is 37.1 Å². The molecule has 194 valence electrons. The Morgan fingerprint density at radius 2 is 1.68 bits per heavy atom. The van der Waals surface area contributed by atoms with E-state index in [1.807, 2.05) is 0 Å². The molecule has 0 spiro atoms. The van der Waals surface area contributed by atoms with Gasteiger partial charge in [-0.2, -0.15) is 13.2 Å². The van der Waals surface area contributed by atoms with E-state index in [-0.39, 0.29) is 30.4 Å². The molecule has 2 fully saturated rings. The standard InChI is InChI=1S/C26H22F3NO7/c27-26(28,29)12-3-1-10(2-4-12)14-5-6-16(31)19-15(14)8-11-7-13-9-17(32)20(24(30)36)23(35)25(13,37)22(34)18(11)21(19)33/h1-6,11,13,17,20,31-33,37H,7-9H2,(H2,30,36)/t11-,13+,17?,20?,25+/m1/s1. The number of aliphatic hydroxyl groups excluding tert-OH is 2. The number of aliphatic hydroxyl groups is 3. The highest BCUT2D eigenvalue weighted by molar-refractivity contribution is 6.24. The fraction of sp³-hybridized carbons (Fsp3) is 0.346. The van der Waals surface area contributed by atoms with Crippen molar-refractivity contribution in [3.63, 3.8) is 0 Å². The lowest BCUT2D eigenvalue weighted by Gasteiger charge is -2.48. The van der Waals surface area contributed by atoms with Crippen molar-refractivity contribution < 1.29 is 48.0 Å². The molecule has 2 saturated carbocycles. The van der Waals surface area contributed by atoms with Crippen LogP contribution < -0.4 is 5.73 Å². The number of hydrogen-bond donors (Lipinski definition) is 5. The van der Waals surface area contributed by atoms with E-state index < -0.39 is 70.2 Å². The van der Waals surface area contributed by atoms with Crippen LogP contribution >= 0.6 is 0 Å². The molecular formula is C26H22F3NO7. The van der Waals surface area contributed by atoms with Crippen LogP contribution in [0.1, 0.15) is 29.5 Å². The number of halogens is 3. The zero-order valence-corrected chi connectivity index (χ0v) is 19.1. The summed E-state index contributed by atoms with van der Waals surface area (Å²) in [6.07, 6.45) is -6.24. The zero-order chi connectivity index (χ0) is 27.0. The van der Waals surface area contributed by atoms with Gasteiger partial charge in [-0.15, -0.1) is 0 Å². The Kier molecular flexibility index (Phi) is 5.50. The van der Waals surface area contributed by atoms with Crippen LogP contribution in [0, 0.1) is 17.8 Å². The Labute approximate surface area is 207 Å². The molecule has 0 heterocycles. The van der Waals surface area contributed by atoms with Gasteiger partial charge in [0.25, 0.3) is 0 Å². The van der Waals surface area contributed by atoms with Gasteiger partial charge >= 0.3 is 6.18 Å². The molecule has 0 radical (unpaired) electrons. The maximum atomic E-state index is 13.5. The monoisotopic (exact) mass is 517 g/mol. The van der Waals surface area contributed by atoms with Crippen LogP contribution in [0.5, 0.6) is 5.75 Å². The van der Waals surface area contributed by atoms with Crippen LogP contribution in [0.25, 0.3) is 16.9 Å². The number of fused-ring (bicyclic) bond motifs is 3. The smallest absolute Gasteiger partial charge is 0.416 e. The number of rotatable bonds is 2. The third-order valence-corrected chi connectivity index (χ3v) is 7.79. The molecule has 1 amide bonds. The second-order valence-electron chi connectivity index (χ2n) is 9.80. The van der Waals surface area contributed by atoms with Crippen molar-refractivity contribution in [2.75, 3.05) is 0 Å². The topological polar surface area (TPSA) is 158 Å². The van der Waals surface area contributed by atoms with Gasteiger partial charge in [0, 0.05) is 11.5 Å². The summed E-state index contributed by atoms with van der Waals surface area (Å²) in [4.78, 5) is 38.3. The molecule has 0 aromatic heterocycles. The van der Waals surface area contributed by atoms with Crippen molar-refractivity contribution in [3.05, 3.63) is 58.7 Å². The summed E-state index contributed by atoms with van der Waals surface area (Å²) in [5.41, 5.74) is 2.45. The first-order valence-corrected chi connectivity index (χ1v) is 11.5. The Morgan fingerprint density at radius 1 is 1.03 bits per heavy atom. The van der Waals surface area contributed by atoms with Crippen LogP contribution in [0.4, 0.5) is 13.2 Å². The number of amides is 1. The summed E-state index contributed by atoms with van der Waals surface area (Å²) in [5, 5.41) is 43.3. The van der Waals surface area contributed by atoms with Crippen molar-refractivity contribution in [1.29, 1.82) is 0 Å². The minimum Gasteiger partial charge on any atom is -0.507 e. The summed E-state index contributed by atoms with van der Waals surface area (Å²) in [6.45, 7) is 0. The van der Waals surface area contributed by atoms with Gasteiger partial charge < -0.3 is 26.2 Å². The maximum Gasteiger partial charge on any atom is 0.416 e. The van der Waals surface area contributed by atoms with Gasteiger partial charge in [-0.3, -0.25) is 14.4 Å². The van der Waals surface area contributed by atoms with Gasteiger partial charge in [-0.1, -0.05) is 18.2 Å². The number of carbonyl (C=O) groups is 3. The number of ketones is 2. The number of phenols is 1. The molecule has 3 aliphatic rings. The molecule has 37 heavy (non-hydrogen) atoms. The van der Waals surface area contributed by atoms with Crippen molar-refractivity contribution in [2.24, 2.45) is 23.5 Å². The highest BCUT2D eigenvalue weighted by Gasteiger charge is 2.64. The number of alkyl halides is 3. The molecule has 0 saturated heterocycles. The van der Waals surface area contributed by atoms with Gasteiger partial charge in [0.2, 0.25) is 11.7 Å². The van der Waals surface area contributed by atoms with Crippen LogP contribution in [0.15, 0.2) is 42.0 Å². The summed E-state index contributed by atoms with van der Waals surface area (Å²) in [6, 6.07) is 7.05. The molecule has 6 N–H and O–H groups in total. The lowest BCUT2D eigenvalue weighted by atomic mass is 9.56. The fourth-order valence-electron chi connectivity index (χ4n) is 6.03. The third kappa shape index (κ3) is 3.56. The lowest BCUT2D eigenvalue weighted by molar-refractivity contribution is -0.174. The Hall–Kier alpha value is -3.70. The fourth-order valence-corrected chi connectivity index (χ4v) is 6.03. The largest absolute Gasteiger partial charge is 0.507 e. The van der Waals surface area contributed by atoms with E-state index in [9.17, 15) is 48.0 Å². The van der Waals surface area contributed by atoms with Crippen molar-refractivity contribution >= 4 is 23.2 Å². The first-order valence-electron chi connectivity index (χ1n) is 11.5. The number of hydrogen-bond acceptors (Lipinski definition) is 7. The highest BCUT2D eigenvalue weighted by atomic mass is 19.4. The average Bonchev–Trinajstić information content (AvgIpc) is 2.81. The van der Waals surface area contributed by atoms with E-state index in [1.165, 1.54) is 24.3 Å². The molecule has 2 aromatic carbocycles. The molecule has 2 aromatic rings. The van der Waals surface area contributed by atoms with E-state index >= 15 is 0 Å². The molecule has 0 bridgehead atoms. The van der Waals surface area contributed by atoms with E-state index in [1.54, 1.807) is 0 Å². The maximum absolute atomic E-state index is 13.5. The second kappa shape index (κ2) is 8.15. The van der Waals surface area contributed by atoms with Crippen LogP contribution in [0.3, 0.4) is 0 Å². The molecule has 2 unspecified atom stereocenters. The summed E-state index contributed by atoms with van der Waals surface area (Å²) < 4.78 is 39.1. The molecule has 3 aliphatic carbocycles. The number of aromatic hydroxyl groups is 1. The normalized spacial score (nSPS) is 29.4. The Morgan fingerprint density at radius 3 is 2.27 bits per heavy atom.